The lowest BCUT2D eigenvalue weighted by atomic mass is 10.2. The lowest BCUT2D eigenvalue weighted by molar-refractivity contribution is -0.116. The van der Waals surface area contributed by atoms with Crippen LogP contribution >= 0.6 is 21.6 Å². The van der Waals surface area contributed by atoms with Gasteiger partial charge in [0.1, 0.15) is 5.78 Å². The molecule has 12 heavy (non-hydrogen) atoms. The van der Waals surface area contributed by atoms with E-state index in [1.54, 1.807) is 6.92 Å². The molecule has 0 aliphatic heterocycles. The summed E-state index contributed by atoms with van der Waals surface area (Å²) < 4.78 is 0.287. The van der Waals surface area contributed by atoms with E-state index in [2.05, 4.69) is 27.7 Å². The molecule has 0 N–H and O–H groups in total. The number of ketones is 1. The Hall–Kier alpha value is 0.370. The van der Waals surface area contributed by atoms with E-state index < -0.39 is 0 Å². The summed E-state index contributed by atoms with van der Waals surface area (Å²) in [6.07, 6.45) is 0.688. The van der Waals surface area contributed by atoms with Crippen LogP contribution in [0.4, 0.5) is 0 Å². The molecule has 3 heteroatoms. The van der Waals surface area contributed by atoms with Crippen molar-refractivity contribution in [2.75, 3.05) is 0 Å². The molecule has 0 rings (SSSR count). The van der Waals surface area contributed by atoms with Crippen LogP contribution in [0.15, 0.2) is 0 Å². The molecule has 0 aliphatic rings. The maximum absolute atomic E-state index is 10.8. The third-order valence-corrected chi connectivity index (χ3v) is 4.90. The molecule has 0 aromatic rings. The molecule has 0 heterocycles. The van der Waals surface area contributed by atoms with E-state index in [1.165, 1.54) is 0 Å². The van der Waals surface area contributed by atoms with Gasteiger partial charge in [-0.1, -0.05) is 49.3 Å². The molecule has 0 radical (unpaired) electrons. The summed E-state index contributed by atoms with van der Waals surface area (Å²) >= 11 is 0. The number of hydrogen-bond donors (Lipinski definition) is 0. The molecule has 0 aliphatic carbocycles. The van der Waals surface area contributed by atoms with Crippen LogP contribution in [0.5, 0.6) is 0 Å². The van der Waals surface area contributed by atoms with Gasteiger partial charge in [0, 0.05) is 16.4 Å². The summed E-state index contributed by atoms with van der Waals surface area (Å²) in [5, 5.41) is 0.437. The van der Waals surface area contributed by atoms with Crippen LogP contribution in [-0.2, 0) is 4.79 Å². The minimum atomic E-state index is 0.282. The highest BCUT2D eigenvalue weighted by Gasteiger charge is 2.14. The van der Waals surface area contributed by atoms with Crippen LogP contribution in [0.1, 0.15) is 41.0 Å². The Kier molecular flexibility index (Phi) is 5.34. The second-order valence-electron chi connectivity index (χ2n) is 4.01. The lowest BCUT2D eigenvalue weighted by Gasteiger charge is -2.18. The molecule has 0 saturated carbocycles. The number of hydrogen-bond acceptors (Lipinski definition) is 3. The van der Waals surface area contributed by atoms with Crippen molar-refractivity contribution in [1.82, 2.24) is 0 Å². The van der Waals surface area contributed by atoms with Crippen LogP contribution < -0.4 is 0 Å². The van der Waals surface area contributed by atoms with E-state index in [-0.39, 0.29) is 10.5 Å². The zero-order chi connectivity index (χ0) is 9.78. The fourth-order valence-corrected chi connectivity index (χ4v) is 2.98. The third kappa shape index (κ3) is 8.47. The number of Topliss-reactive ketones (excluding diaryl/α,β-unsaturated/α-hetero) is 1. The van der Waals surface area contributed by atoms with Crippen molar-refractivity contribution >= 4 is 27.4 Å². The highest BCUT2D eigenvalue weighted by Crippen LogP contribution is 2.38. The Labute approximate surface area is 83.5 Å². The van der Waals surface area contributed by atoms with Gasteiger partial charge in [-0.2, -0.15) is 0 Å². The summed E-state index contributed by atoms with van der Waals surface area (Å²) in [6.45, 7) is 10.3. The summed E-state index contributed by atoms with van der Waals surface area (Å²) in [5.41, 5.74) is 0. The summed E-state index contributed by atoms with van der Waals surface area (Å²) in [5.74, 6) is 0.282. The maximum atomic E-state index is 10.8. The van der Waals surface area contributed by atoms with Gasteiger partial charge in [-0.25, -0.2) is 0 Å². The van der Waals surface area contributed by atoms with E-state index >= 15 is 0 Å². The van der Waals surface area contributed by atoms with E-state index in [4.69, 9.17) is 0 Å². The molecule has 0 aromatic carbocycles. The molecule has 72 valence electrons. The zero-order valence-corrected chi connectivity index (χ0v) is 10.1. The molecule has 0 bridgehead atoms. The Bertz CT molecular complexity index is 149. The topological polar surface area (TPSA) is 17.1 Å². The minimum absolute atomic E-state index is 0.282. The van der Waals surface area contributed by atoms with Gasteiger partial charge >= 0.3 is 0 Å². The molecule has 1 nitrogen and oxygen atoms in total. The van der Waals surface area contributed by atoms with E-state index in [0.29, 0.717) is 11.7 Å². The van der Waals surface area contributed by atoms with Gasteiger partial charge in [0.05, 0.1) is 0 Å². The first-order chi connectivity index (χ1) is 5.31. The van der Waals surface area contributed by atoms with Crippen molar-refractivity contribution in [3.05, 3.63) is 0 Å². The fraction of sp³-hybridized carbons (Fsp3) is 0.889. The molecule has 0 fully saturated rings. The van der Waals surface area contributed by atoms with Crippen molar-refractivity contribution in [2.24, 2.45) is 0 Å². The van der Waals surface area contributed by atoms with Crippen molar-refractivity contribution < 1.29 is 4.79 Å². The predicted octanol–water partition coefficient (Wildman–Crippen LogP) is 3.53. The molecule has 1 unspecified atom stereocenters. The Morgan fingerprint density at radius 3 is 2.25 bits per heavy atom. The third-order valence-electron chi connectivity index (χ3n) is 1.04. The molecular formula is C9H18OS2. The SMILES string of the molecule is CC(=O)CC(C)SSC(C)(C)C. The van der Waals surface area contributed by atoms with Gasteiger partial charge < -0.3 is 0 Å². The zero-order valence-electron chi connectivity index (χ0n) is 8.51. The highest BCUT2D eigenvalue weighted by molar-refractivity contribution is 8.77. The van der Waals surface area contributed by atoms with Gasteiger partial charge in [-0.05, 0) is 6.92 Å². The van der Waals surface area contributed by atoms with E-state index in [1.807, 2.05) is 21.6 Å². The summed E-state index contributed by atoms with van der Waals surface area (Å²) in [6, 6.07) is 0. The number of carbonyl (C=O) groups is 1. The highest BCUT2D eigenvalue weighted by atomic mass is 33.1. The van der Waals surface area contributed by atoms with Crippen LogP contribution in [0.25, 0.3) is 0 Å². The second kappa shape index (κ2) is 5.18. The van der Waals surface area contributed by atoms with Crippen molar-refractivity contribution in [2.45, 2.75) is 51.0 Å². The monoisotopic (exact) mass is 206 g/mol. The summed E-state index contributed by atoms with van der Waals surface area (Å²) in [4.78, 5) is 10.8. The molecule has 0 spiro atoms. The van der Waals surface area contributed by atoms with Gasteiger partial charge in [0.25, 0.3) is 0 Å². The van der Waals surface area contributed by atoms with Gasteiger partial charge in [0.2, 0.25) is 0 Å². The van der Waals surface area contributed by atoms with Crippen molar-refractivity contribution in [3.8, 4) is 0 Å². The smallest absolute Gasteiger partial charge is 0.130 e. The first-order valence-electron chi connectivity index (χ1n) is 4.15. The van der Waals surface area contributed by atoms with Gasteiger partial charge in [-0.3, -0.25) is 4.79 Å². The Morgan fingerprint density at radius 1 is 1.42 bits per heavy atom. The standard InChI is InChI=1S/C9H18OS2/c1-7(10)6-8(2)11-12-9(3,4)5/h8H,6H2,1-5H3. The molecule has 0 saturated heterocycles. The molecule has 0 aromatic heterocycles. The summed E-state index contributed by atoms with van der Waals surface area (Å²) in [7, 11) is 3.66. The van der Waals surface area contributed by atoms with E-state index in [0.717, 1.165) is 0 Å². The van der Waals surface area contributed by atoms with Crippen LogP contribution in [0.3, 0.4) is 0 Å². The minimum Gasteiger partial charge on any atom is -0.300 e. The normalized spacial score (nSPS) is 14.4. The molecule has 0 amide bonds. The number of carbonyl (C=O) groups excluding carboxylic acids is 1. The predicted molar refractivity (Wildman–Crippen MR) is 59.7 cm³/mol. The van der Waals surface area contributed by atoms with Crippen molar-refractivity contribution in [3.63, 3.8) is 0 Å². The average molecular weight is 206 g/mol. The largest absolute Gasteiger partial charge is 0.300 e. The van der Waals surface area contributed by atoms with Gasteiger partial charge in [-0.15, -0.1) is 0 Å². The van der Waals surface area contributed by atoms with E-state index in [9.17, 15) is 4.79 Å². The maximum Gasteiger partial charge on any atom is 0.130 e. The Balaban J connectivity index is 3.57. The average Bonchev–Trinajstić information content (AvgIpc) is 1.80. The quantitative estimate of drug-likeness (QED) is 0.655. The first kappa shape index (κ1) is 12.4. The molecular weight excluding hydrogens is 188 g/mol. The number of rotatable bonds is 4. The fourth-order valence-electron chi connectivity index (χ4n) is 0.665. The van der Waals surface area contributed by atoms with Gasteiger partial charge in [0.15, 0.2) is 0 Å². The van der Waals surface area contributed by atoms with Crippen LogP contribution in [0, 0.1) is 0 Å². The lowest BCUT2D eigenvalue weighted by Crippen LogP contribution is -2.08. The molecule has 1 atom stereocenters. The second-order valence-corrected chi connectivity index (χ2v) is 7.47. The van der Waals surface area contributed by atoms with Crippen LogP contribution in [0.2, 0.25) is 0 Å². The van der Waals surface area contributed by atoms with Crippen molar-refractivity contribution in [1.29, 1.82) is 0 Å². The first-order valence-corrected chi connectivity index (χ1v) is 6.36. The van der Waals surface area contributed by atoms with Crippen LogP contribution in [-0.4, -0.2) is 15.8 Å². The Morgan fingerprint density at radius 2 is 1.92 bits per heavy atom.